The Morgan fingerprint density at radius 3 is 2.54 bits per heavy atom. The summed E-state index contributed by atoms with van der Waals surface area (Å²) in [7, 11) is 0. The highest BCUT2D eigenvalue weighted by molar-refractivity contribution is 5.92. The number of rotatable bonds is 4. The number of nitrogens with one attached hydrogen (secondary N) is 1. The maximum atomic E-state index is 12.7. The number of carbonyl (C=O) groups excluding carboxylic acids is 1. The molecule has 2 aromatic heterocycles. The van der Waals surface area contributed by atoms with E-state index in [0.29, 0.717) is 24.7 Å². The molecular weight excluding hydrogens is 304 g/mol. The predicted octanol–water partition coefficient (Wildman–Crippen LogP) is 1.65. The fourth-order valence-electron chi connectivity index (χ4n) is 2.65. The van der Waals surface area contributed by atoms with Crippen LogP contribution in [-0.2, 0) is 0 Å². The zero-order valence-corrected chi connectivity index (χ0v) is 14.0. The van der Waals surface area contributed by atoms with Crippen molar-refractivity contribution >= 4 is 17.7 Å². The lowest BCUT2D eigenvalue weighted by Crippen LogP contribution is -2.49. The van der Waals surface area contributed by atoms with Gasteiger partial charge >= 0.3 is 0 Å². The Labute approximate surface area is 141 Å². The zero-order valence-electron chi connectivity index (χ0n) is 14.0. The first kappa shape index (κ1) is 16.2. The van der Waals surface area contributed by atoms with Crippen LogP contribution >= 0.6 is 0 Å². The average molecular weight is 326 g/mol. The number of nitrogens with zero attached hydrogens (tertiary/aromatic N) is 5. The minimum absolute atomic E-state index is 0.0510. The molecule has 24 heavy (non-hydrogen) atoms. The van der Waals surface area contributed by atoms with E-state index in [9.17, 15) is 4.79 Å². The van der Waals surface area contributed by atoms with Crippen molar-refractivity contribution in [2.75, 3.05) is 36.4 Å². The summed E-state index contributed by atoms with van der Waals surface area (Å²) in [6.07, 6.45) is 3.41. The Balaban J connectivity index is 1.63. The second-order valence-electron chi connectivity index (χ2n) is 6.03. The number of carbonyl (C=O) groups is 1. The molecule has 0 saturated carbocycles. The van der Waals surface area contributed by atoms with E-state index in [-0.39, 0.29) is 11.9 Å². The van der Waals surface area contributed by atoms with Crippen LogP contribution in [0, 0.1) is 0 Å². The summed E-state index contributed by atoms with van der Waals surface area (Å²) in [4.78, 5) is 29.5. The molecular formula is C17H22N6O. The van der Waals surface area contributed by atoms with E-state index in [4.69, 9.17) is 0 Å². The van der Waals surface area contributed by atoms with Gasteiger partial charge in [0.1, 0.15) is 11.5 Å². The number of hydrogen-bond donors (Lipinski definition) is 1. The van der Waals surface area contributed by atoms with Gasteiger partial charge in [-0.1, -0.05) is 6.07 Å². The van der Waals surface area contributed by atoms with Gasteiger partial charge in [0.25, 0.3) is 5.91 Å². The molecule has 3 heterocycles. The van der Waals surface area contributed by atoms with Gasteiger partial charge in [-0.3, -0.25) is 4.79 Å². The molecule has 2 aromatic rings. The number of aromatic nitrogens is 3. The lowest BCUT2D eigenvalue weighted by Gasteiger charge is -2.35. The van der Waals surface area contributed by atoms with Gasteiger partial charge < -0.3 is 15.1 Å². The molecule has 0 aliphatic carbocycles. The predicted molar refractivity (Wildman–Crippen MR) is 93.1 cm³/mol. The highest BCUT2D eigenvalue weighted by atomic mass is 16.2. The first-order valence-corrected chi connectivity index (χ1v) is 8.18. The molecule has 0 radical (unpaired) electrons. The third-order valence-corrected chi connectivity index (χ3v) is 3.83. The van der Waals surface area contributed by atoms with E-state index in [1.54, 1.807) is 18.5 Å². The first-order chi connectivity index (χ1) is 11.6. The normalized spacial score (nSPS) is 14.8. The number of hydrogen-bond acceptors (Lipinski definition) is 6. The summed E-state index contributed by atoms with van der Waals surface area (Å²) in [6, 6.07) is 7.76. The number of piperazine rings is 1. The van der Waals surface area contributed by atoms with Crippen molar-refractivity contribution in [2.24, 2.45) is 0 Å². The van der Waals surface area contributed by atoms with E-state index in [1.807, 2.05) is 36.9 Å². The topological polar surface area (TPSA) is 74.2 Å². The molecule has 0 aromatic carbocycles. The smallest absolute Gasteiger partial charge is 0.272 e. The van der Waals surface area contributed by atoms with Crippen LogP contribution in [-0.4, -0.2) is 58.0 Å². The molecule has 1 aliphatic heterocycles. The van der Waals surface area contributed by atoms with Crippen molar-refractivity contribution in [1.82, 2.24) is 19.9 Å². The fraction of sp³-hybridized carbons (Fsp3) is 0.412. The molecule has 126 valence electrons. The van der Waals surface area contributed by atoms with E-state index >= 15 is 0 Å². The molecule has 0 unspecified atom stereocenters. The lowest BCUT2D eigenvalue weighted by molar-refractivity contribution is 0.0740. The Bertz CT molecular complexity index is 682. The summed E-state index contributed by atoms with van der Waals surface area (Å²) < 4.78 is 0. The summed E-state index contributed by atoms with van der Waals surface area (Å²) >= 11 is 0. The van der Waals surface area contributed by atoms with Crippen LogP contribution in [0.1, 0.15) is 24.3 Å². The quantitative estimate of drug-likeness (QED) is 0.921. The molecule has 0 atom stereocenters. The van der Waals surface area contributed by atoms with Gasteiger partial charge in [-0.25, -0.2) is 15.0 Å². The Kier molecular flexibility index (Phi) is 4.88. The first-order valence-electron chi connectivity index (χ1n) is 8.18. The third-order valence-electron chi connectivity index (χ3n) is 3.83. The van der Waals surface area contributed by atoms with Gasteiger partial charge in [0.05, 0.1) is 0 Å². The maximum Gasteiger partial charge on any atom is 0.272 e. The number of anilines is 2. The lowest BCUT2D eigenvalue weighted by atomic mass is 10.2. The zero-order chi connectivity index (χ0) is 16.9. The Hall–Kier alpha value is -2.70. The van der Waals surface area contributed by atoms with Crippen LogP contribution in [0.3, 0.4) is 0 Å². The second kappa shape index (κ2) is 7.25. The van der Waals surface area contributed by atoms with E-state index in [0.717, 1.165) is 18.9 Å². The SMILES string of the molecule is CC(C)Nc1nccc(C(=O)N2CCN(c3ccccn3)CC2)n1. The van der Waals surface area contributed by atoms with Gasteiger partial charge in [-0.05, 0) is 32.0 Å². The van der Waals surface area contributed by atoms with Crippen molar-refractivity contribution in [3.8, 4) is 0 Å². The maximum absolute atomic E-state index is 12.7. The van der Waals surface area contributed by atoms with E-state index < -0.39 is 0 Å². The van der Waals surface area contributed by atoms with Crippen LogP contribution in [0.25, 0.3) is 0 Å². The Morgan fingerprint density at radius 1 is 1.08 bits per heavy atom. The number of pyridine rings is 1. The molecule has 3 rings (SSSR count). The summed E-state index contributed by atoms with van der Waals surface area (Å²) in [6.45, 7) is 6.87. The minimum atomic E-state index is -0.0510. The molecule has 1 fully saturated rings. The van der Waals surface area contributed by atoms with Crippen LogP contribution in [0.2, 0.25) is 0 Å². The van der Waals surface area contributed by atoms with E-state index in [1.165, 1.54) is 0 Å². The molecule has 1 amide bonds. The Morgan fingerprint density at radius 2 is 1.88 bits per heavy atom. The van der Waals surface area contributed by atoms with Crippen molar-refractivity contribution in [3.05, 3.63) is 42.4 Å². The highest BCUT2D eigenvalue weighted by Gasteiger charge is 2.23. The van der Waals surface area contributed by atoms with Crippen LogP contribution < -0.4 is 10.2 Å². The molecule has 0 bridgehead atoms. The highest BCUT2D eigenvalue weighted by Crippen LogP contribution is 2.14. The monoisotopic (exact) mass is 326 g/mol. The molecule has 1 saturated heterocycles. The fourth-order valence-corrected chi connectivity index (χ4v) is 2.65. The molecule has 1 N–H and O–H groups in total. The molecule has 0 spiro atoms. The van der Waals surface area contributed by atoms with Gasteiger partial charge in [0.2, 0.25) is 5.95 Å². The van der Waals surface area contributed by atoms with Crippen molar-refractivity contribution in [3.63, 3.8) is 0 Å². The van der Waals surface area contributed by atoms with Crippen molar-refractivity contribution in [1.29, 1.82) is 0 Å². The van der Waals surface area contributed by atoms with Gasteiger partial charge in [0, 0.05) is 44.6 Å². The van der Waals surface area contributed by atoms with Crippen LogP contribution in [0.15, 0.2) is 36.7 Å². The van der Waals surface area contributed by atoms with Gasteiger partial charge in [-0.2, -0.15) is 0 Å². The third kappa shape index (κ3) is 3.79. The van der Waals surface area contributed by atoms with Crippen molar-refractivity contribution in [2.45, 2.75) is 19.9 Å². The molecule has 7 nitrogen and oxygen atoms in total. The van der Waals surface area contributed by atoms with Gasteiger partial charge in [0.15, 0.2) is 0 Å². The molecule has 1 aliphatic rings. The second-order valence-corrected chi connectivity index (χ2v) is 6.03. The largest absolute Gasteiger partial charge is 0.353 e. The van der Waals surface area contributed by atoms with Crippen molar-refractivity contribution < 1.29 is 4.79 Å². The van der Waals surface area contributed by atoms with Gasteiger partial charge in [-0.15, -0.1) is 0 Å². The summed E-state index contributed by atoms with van der Waals surface area (Å²) in [5.41, 5.74) is 0.430. The van der Waals surface area contributed by atoms with E-state index in [2.05, 4.69) is 25.2 Å². The summed E-state index contributed by atoms with van der Waals surface area (Å²) in [5.74, 6) is 1.39. The summed E-state index contributed by atoms with van der Waals surface area (Å²) in [5, 5.41) is 3.12. The average Bonchev–Trinajstić information content (AvgIpc) is 2.62. The standard InChI is InChI=1S/C17H22N6O/c1-13(2)20-17-19-8-6-14(21-17)16(24)23-11-9-22(10-12-23)15-5-3-4-7-18-15/h3-8,13H,9-12H2,1-2H3,(H,19,20,21). The van der Waals surface area contributed by atoms with Crippen LogP contribution in [0.5, 0.6) is 0 Å². The van der Waals surface area contributed by atoms with Crippen LogP contribution in [0.4, 0.5) is 11.8 Å². The number of amides is 1. The minimum Gasteiger partial charge on any atom is -0.353 e. The molecule has 7 heteroatoms.